The van der Waals surface area contributed by atoms with Gasteiger partial charge in [-0.1, -0.05) is 30.3 Å². The Labute approximate surface area is 115 Å². The van der Waals surface area contributed by atoms with Crippen LogP contribution in [0.5, 0.6) is 0 Å². The van der Waals surface area contributed by atoms with E-state index >= 15 is 0 Å². The SMILES string of the molecule is CCOC(=O)CCN[C@H](C)COCc1ccccc1. The number of carbonyl (C=O) groups is 1. The molecule has 1 aromatic rings. The minimum absolute atomic E-state index is 0.160. The maximum absolute atomic E-state index is 11.1. The van der Waals surface area contributed by atoms with Gasteiger partial charge in [0.2, 0.25) is 0 Å². The molecule has 1 atom stereocenters. The Morgan fingerprint density at radius 3 is 2.74 bits per heavy atom. The summed E-state index contributed by atoms with van der Waals surface area (Å²) in [6, 6.07) is 10.3. The molecule has 0 unspecified atom stereocenters. The van der Waals surface area contributed by atoms with Gasteiger partial charge in [-0.15, -0.1) is 0 Å². The smallest absolute Gasteiger partial charge is 0.307 e. The molecule has 4 heteroatoms. The van der Waals surface area contributed by atoms with E-state index in [-0.39, 0.29) is 12.0 Å². The first-order valence-electron chi connectivity index (χ1n) is 6.73. The average molecular weight is 265 g/mol. The Hall–Kier alpha value is -1.39. The van der Waals surface area contributed by atoms with Crippen LogP contribution < -0.4 is 5.32 Å². The van der Waals surface area contributed by atoms with Gasteiger partial charge >= 0.3 is 5.97 Å². The highest BCUT2D eigenvalue weighted by atomic mass is 16.5. The summed E-state index contributed by atoms with van der Waals surface area (Å²) in [4.78, 5) is 11.1. The van der Waals surface area contributed by atoms with Crippen LogP contribution in [0.25, 0.3) is 0 Å². The fourth-order valence-electron chi connectivity index (χ4n) is 1.64. The summed E-state index contributed by atoms with van der Waals surface area (Å²) in [5.74, 6) is -0.160. The number of ether oxygens (including phenoxy) is 2. The molecule has 1 rings (SSSR count). The molecule has 0 radical (unpaired) electrons. The van der Waals surface area contributed by atoms with E-state index in [4.69, 9.17) is 9.47 Å². The highest BCUT2D eigenvalue weighted by Gasteiger charge is 2.04. The zero-order valence-electron chi connectivity index (χ0n) is 11.7. The van der Waals surface area contributed by atoms with Crippen molar-refractivity contribution in [1.29, 1.82) is 0 Å². The van der Waals surface area contributed by atoms with Gasteiger partial charge in [0.1, 0.15) is 0 Å². The maximum Gasteiger partial charge on any atom is 0.307 e. The summed E-state index contributed by atoms with van der Waals surface area (Å²) in [6.07, 6.45) is 0.400. The molecule has 0 saturated carbocycles. The van der Waals surface area contributed by atoms with Gasteiger partial charge in [0, 0.05) is 12.6 Å². The molecule has 0 bridgehead atoms. The Bertz CT molecular complexity index is 354. The monoisotopic (exact) mass is 265 g/mol. The molecule has 106 valence electrons. The molecule has 0 fully saturated rings. The maximum atomic E-state index is 11.1. The van der Waals surface area contributed by atoms with Crippen LogP contribution >= 0.6 is 0 Å². The van der Waals surface area contributed by atoms with E-state index in [0.717, 1.165) is 0 Å². The van der Waals surface area contributed by atoms with E-state index in [2.05, 4.69) is 5.32 Å². The topological polar surface area (TPSA) is 47.6 Å². The van der Waals surface area contributed by atoms with E-state index < -0.39 is 0 Å². The van der Waals surface area contributed by atoms with Gasteiger partial charge in [-0.2, -0.15) is 0 Å². The second-order valence-electron chi connectivity index (χ2n) is 4.41. The minimum atomic E-state index is -0.160. The molecule has 0 aromatic heterocycles. The number of hydrogen-bond donors (Lipinski definition) is 1. The van der Waals surface area contributed by atoms with Crippen LogP contribution in [0.15, 0.2) is 30.3 Å². The van der Waals surface area contributed by atoms with Crippen molar-refractivity contribution in [2.45, 2.75) is 32.9 Å². The minimum Gasteiger partial charge on any atom is -0.466 e. The van der Waals surface area contributed by atoms with E-state index in [1.807, 2.05) is 44.2 Å². The van der Waals surface area contributed by atoms with Crippen molar-refractivity contribution in [2.24, 2.45) is 0 Å². The Kier molecular flexibility index (Phi) is 7.86. The van der Waals surface area contributed by atoms with Gasteiger partial charge in [0.25, 0.3) is 0 Å². The summed E-state index contributed by atoms with van der Waals surface area (Å²) < 4.78 is 10.5. The Balaban J connectivity index is 2.05. The summed E-state index contributed by atoms with van der Waals surface area (Å²) in [5, 5.41) is 3.23. The zero-order valence-corrected chi connectivity index (χ0v) is 11.7. The lowest BCUT2D eigenvalue weighted by atomic mass is 10.2. The second kappa shape index (κ2) is 9.53. The lowest BCUT2D eigenvalue weighted by molar-refractivity contribution is -0.143. The van der Waals surface area contributed by atoms with E-state index in [0.29, 0.717) is 32.8 Å². The molecule has 1 aromatic carbocycles. The zero-order chi connectivity index (χ0) is 13.9. The van der Waals surface area contributed by atoms with Gasteiger partial charge in [-0.3, -0.25) is 4.79 Å². The first-order chi connectivity index (χ1) is 9.22. The van der Waals surface area contributed by atoms with Crippen molar-refractivity contribution >= 4 is 5.97 Å². The van der Waals surface area contributed by atoms with Crippen LogP contribution in [0.4, 0.5) is 0 Å². The van der Waals surface area contributed by atoms with Gasteiger partial charge < -0.3 is 14.8 Å². The van der Waals surface area contributed by atoms with Crippen LogP contribution in [0.3, 0.4) is 0 Å². The fourth-order valence-corrected chi connectivity index (χ4v) is 1.64. The Morgan fingerprint density at radius 1 is 1.32 bits per heavy atom. The molecular formula is C15H23NO3. The van der Waals surface area contributed by atoms with Crippen LogP contribution in [-0.4, -0.2) is 31.8 Å². The van der Waals surface area contributed by atoms with Crippen molar-refractivity contribution in [1.82, 2.24) is 5.32 Å². The molecule has 0 spiro atoms. The highest BCUT2D eigenvalue weighted by molar-refractivity contribution is 5.69. The van der Waals surface area contributed by atoms with E-state index in [1.165, 1.54) is 5.56 Å². The van der Waals surface area contributed by atoms with Crippen molar-refractivity contribution in [2.75, 3.05) is 19.8 Å². The highest BCUT2D eigenvalue weighted by Crippen LogP contribution is 2.00. The van der Waals surface area contributed by atoms with Crippen molar-refractivity contribution in [3.8, 4) is 0 Å². The normalized spacial score (nSPS) is 12.1. The molecule has 0 saturated heterocycles. The third-order valence-corrected chi connectivity index (χ3v) is 2.61. The van der Waals surface area contributed by atoms with Gasteiger partial charge in [0.05, 0.1) is 26.2 Å². The summed E-state index contributed by atoms with van der Waals surface area (Å²) in [7, 11) is 0. The molecule has 0 aliphatic rings. The van der Waals surface area contributed by atoms with E-state index in [1.54, 1.807) is 0 Å². The predicted octanol–water partition coefficient (Wildman–Crippen LogP) is 2.13. The third kappa shape index (κ3) is 7.59. The first-order valence-corrected chi connectivity index (χ1v) is 6.73. The molecule has 0 aliphatic carbocycles. The van der Waals surface area contributed by atoms with Crippen molar-refractivity contribution < 1.29 is 14.3 Å². The molecule has 0 aliphatic heterocycles. The molecule has 4 nitrogen and oxygen atoms in total. The van der Waals surface area contributed by atoms with Crippen LogP contribution in [0.1, 0.15) is 25.8 Å². The number of carbonyl (C=O) groups excluding carboxylic acids is 1. The first kappa shape index (κ1) is 15.7. The second-order valence-corrected chi connectivity index (χ2v) is 4.41. The van der Waals surface area contributed by atoms with E-state index in [9.17, 15) is 4.79 Å². The molecule has 19 heavy (non-hydrogen) atoms. The average Bonchev–Trinajstić information content (AvgIpc) is 2.40. The number of rotatable bonds is 9. The number of esters is 1. The lowest BCUT2D eigenvalue weighted by Gasteiger charge is -2.13. The Morgan fingerprint density at radius 2 is 2.05 bits per heavy atom. The number of hydrogen-bond acceptors (Lipinski definition) is 4. The standard InChI is InChI=1S/C15H23NO3/c1-3-19-15(17)9-10-16-13(2)11-18-12-14-7-5-4-6-8-14/h4-8,13,16H,3,9-12H2,1-2H3/t13-/m1/s1. The molecule has 0 amide bonds. The molecular weight excluding hydrogens is 242 g/mol. The third-order valence-electron chi connectivity index (χ3n) is 2.61. The van der Waals surface area contributed by atoms with Crippen LogP contribution in [0, 0.1) is 0 Å². The largest absolute Gasteiger partial charge is 0.466 e. The predicted molar refractivity (Wildman–Crippen MR) is 74.8 cm³/mol. The number of nitrogens with one attached hydrogen (secondary N) is 1. The quantitative estimate of drug-likeness (QED) is 0.695. The van der Waals surface area contributed by atoms with Crippen LogP contribution in [-0.2, 0) is 20.9 Å². The van der Waals surface area contributed by atoms with Crippen molar-refractivity contribution in [3.05, 3.63) is 35.9 Å². The van der Waals surface area contributed by atoms with Gasteiger partial charge in [-0.25, -0.2) is 0 Å². The fraction of sp³-hybridized carbons (Fsp3) is 0.533. The van der Waals surface area contributed by atoms with Crippen LogP contribution in [0.2, 0.25) is 0 Å². The summed E-state index contributed by atoms with van der Waals surface area (Å²) in [5.41, 5.74) is 1.17. The number of benzene rings is 1. The van der Waals surface area contributed by atoms with Crippen molar-refractivity contribution in [3.63, 3.8) is 0 Å². The lowest BCUT2D eigenvalue weighted by Crippen LogP contribution is -2.32. The summed E-state index contributed by atoms with van der Waals surface area (Å²) in [6.45, 7) is 6.15. The summed E-state index contributed by atoms with van der Waals surface area (Å²) >= 11 is 0. The molecule has 1 N–H and O–H groups in total. The molecule has 0 heterocycles. The van der Waals surface area contributed by atoms with Gasteiger partial charge in [-0.05, 0) is 19.4 Å². The van der Waals surface area contributed by atoms with Gasteiger partial charge in [0.15, 0.2) is 0 Å².